The second-order valence-corrected chi connectivity index (χ2v) is 5.55. The molecular formula is C15H16F3N3O. The maximum absolute atomic E-state index is 13.1. The summed E-state index contributed by atoms with van der Waals surface area (Å²) in [5.41, 5.74) is -0.692. The summed E-state index contributed by atoms with van der Waals surface area (Å²) >= 11 is 0. The molecule has 0 N–H and O–H groups in total. The van der Waals surface area contributed by atoms with E-state index >= 15 is 0 Å². The first-order valence-electron chi connectivity index (χ1n) is 7.17. The summed E-state index contributed by atoms with van der Waals surface area (Å²) in [7, 11) is 0. The molecule has 3 rings (SSSR count). The highest BCUT2D eigenvalue weighted by Crippen LogP contribution is 2.35. The molecular weight excluding hydrogens is 295 g/mol. The second-order valence-electron chi connectivity index (χ2n) is 5.55. The third kappa shape index (κ3) is 2.89. The van der Waals surface area contributed by atoms with Gasteiger partial charge in [-0.1, -0.05) is 0 Å². The molecule has 0 aromatic heterocycles. The van der Waals surface area contributed by atoms with Crippen molar-refractivity contribution in [3.8, 4) is 6.07 Å². The van der Waals surface area contributed by atoms with Crippen molar-refractivity contribution in [3.63, 3.8) is 0 Å². The van der Waals surface area contributed by atoms with Gasteiger partial charge in [-0.15, -0.1) is 0 Å². The summed E-state index contributed by atoms with van der Waals surface area (Å²) in [6.07, 6.45) is -4.52. The summed E-state index contributed by atoms with van der Waals surface area (Å²) in [5.74, 6) is 0. The Morgan fingerprint density at radius 2 is 2.05 bits per heavy atom. The smallest absolute Gasteiger partial charge is 0.378 e. The van der Waals surface area contributed by atoms with Crippen molar-refractivity contribution >= 4 is 5.69 Å². The van der Waals surface area contributed by atoms with Crippen molar-refractivity contribution in [2.75, 3.05) is 44.3 Å². The summed E-state index contributed by atoms with van der Waals surface area (Å²) in [6.45, 7) is 4.34. The number of rotatable bonds is 1. The fourth-order valence-electron chi connectivity index (χ4n) is 3.04. The number of anilines is 1. The predicted octanol–water partition coefficient (Wildman–Crippen LogP) is 2.10. The largest absolute Gasteiger partial charge is 0.417 e. The zero-order chi connectivity index (χ0) is 15.7. The van der Waals surface area contributed by atoms with Crippen LogP contribution in [0.1, 0.15) is 11.1 Å². The van der Waals surface area contributed by atoms with Gasteiger partial charge in [-0.05, 0) is 18.2 Å². The number of morpholine rings is 1. The number of nitriles is 1. The Labute approximate surface area is 126 Å². The number of hydrogen-bond donors (Lipinski definition) is 0. The molecule has 2 fully saturated rings. The van der Waals surface area contributed by atoms with Crippen LogP contribution >= 0.6 is 0 Å². The highest BCUT2D eigenvalue weighted by atomic mass is 19.4. The minimum absolute atomic E-state index is 0.215. The van der Waals surface area contributed by atoms with E-state index in [1.54, 1.807) is 12.1 Å². The van der Waals surface area contributed by atoms with E-state index in [0.29, 0.717) is 32.0 Å². The van der Waals surface area contributed by atoms with Gasteiger partial charge < -0.3 is 9.64 Å². The third-order valence-corrected chi connectivity index (χ3v) is 4.23. The van der Waals surface area contributed by atoms with Crippen LogP contribution in [-0.4, -0.2) is 50.3 Å². The number of halogens is 3. The van der Waals surface area contributed by atoms with Gasteiger partial charge in [0.2, 0.25) is 0 Å². The van der Waals surface area contributed by atoms with Crippen molar-refractivity contribution in [3.05, 3.63) is 29.3 Å². The summed E-state index contributed by atoms with van der Waals surface area (Å²) in [6, 6.07) is 5.75. The standard InChI is InChI=1S/C15H16F3N3O/c16-15(17,18)14-7-12(2-1-11(14)8-19)21-4-3-20-5-6-22-10-13(20)9-21/h1-2,7,13H,3-6,9-10H2. The van der Waals surface area contributed by atoms with Gasteiger partial charge in [0.25, 0.3) is 0 Å². The molecule has 0 radical (unpaired) electrons. The number of ether oxygens (including phenoxy) is 1. The van der Waals surface area contributed by atoms with Crippen LogP contribution in [0.2, 0.25) is 0 Å². The molecule has 0 aliphatic carbocycles. The highest BCUT2D eigenvalue weighted by molar-refractivity contribution is 5.55. The molecule has 1 aromatic rings. The molecule has 0 bridgehead atoms. The van der Waals surface area contributed by atoms with Crippen LogP contribution in [-0.2, 0) is 10.9 Å². The molecule has 0 saturated carbocycles. The first kappa shape index (κ1) is 15.1. The van der Waals surface area contributed by atoms with Crippen molar-refractivity contribution in [2.45, 2.75) is 12.2 Å². The van der Waals surface area contributed by atoms with E-state index in [9.17, 15) is 13.2 Å². The minimum atomic E-state index is -4.52. The Morgan fingerprint density at radius 3 is 2.77 bits per heavy atom. The summed E-state index contributed by atoms with van der Waals surface area (Å²) in [5, 5.41) is 8.85. The molecule has 1 atom stereocenters. The zero-order valence-corrected chi connectivity index (χ0v) is 11.9. The van der Waals surface area contributed by atoms with Gasteiger partial charge in [0, 0.05) is 31.9 Å². The van der Waals surface area contributed by atoms with Crippen LogP contribution in [0, 0.1) is 11.3 Å². The fraction of sp³-hybridized carbons (Fsp3) is 0.533. The SMILES string of the molecule is N#Cc1ccc(N2CCN3CCOCC3C2)cc1C(F)(F)F. The van der Waals surface area contributed by atoms with Crippen LogP contribution in [0.15, 0.2) is 18.2 Å². The minimum Gasteiger partial charge on any atom is -0.378 e. The Morgan fingerprint density at radius 1 is 1.23 bits per heavy atom. The van der Waals surface area contributed by atoms with Crippen LogP contribution in [0.4, 0.5) is 18.9 Å². The lowest BCUT2D eigenvalue weighted by Crippen LogP contribution is -2.58. The topological polar surface area (TPSA) is 39.5 Å². The van der Waals surface area contributed by atoms with Crippen molar-refractivity contribution in [1.82, 2.24) is 4.90 Å². The lowest BCUT2D eigenvalue weighted by Gasteiger charge is -2.44. The molecule has 2 aliphatic rings. The van der Waals surface area contributed by atoms with Gasteiger partial charge >= 0.3 is 6.18 Å². The van der Waals surface area contributed by atoms with Crippen molar-refractivity contribution < 1.29 is 17.9 Å². The Kier molecular flexibility index (Phi) is 3.98. The average molecular weight is 311 g/mol. The molecule has 1 unspecified atom stereocenters. The first-order chi connectivity index (χ1) is 10.5. The maximum Gasteiger partial charge on any atom is 0.417 e. The van der Waals surface area contributed by atoms with Crippen LogP contribution < -0.4 is 4.90 Å². The van der Waals surface area contributed by atoms with Gasteiger partial charge in [0.1, 0.15) is 0 Å². The molecule has 118 valence electrons. The number of benzene rings is 1. The summed E-state index contributed by atoms with van der Waals surface area (Å²) < 4.78 is 44.6. The Bertz CT molecular complexity index is 597. The van der Waals surface area contributed by atoms with Crippen LogP contribution in [0.25, 0.3) is 0 Å². The lowest BCUT2D eigenvalue weighted by molar-refractivity contribution is -0.137. The van der Waals surface area contributed by atoms with Gasteiger partial charge in [0.15, 0.2) is 0 Å². The number of alkyl halides is 3. The van der Waals surface area contributed by atoms with Crippen LogP contribution in [0.5, 0.6) is 0 Å². The van der Waals surface area contributed by atoms with E-state index in [-0.39, 0.29) is 11.6 Å². The third-order valence-electron chi connectivity index (χ3n) is 4.23. The average Bonchev–Trinajstić information content (AvgIpc) is 2.53. The quantitative estimate of drug-likeness (QED) is 0.796. The normalized spacial score (nSPS) is 23.0. The van der Waals surface area contributed by atoms with Gasteiger partial charge in [-0.3, -0.25) is 4.90 Å². The van der Waals surface area contributed by atoms with Gasteiger partial charge in [0.05, 0.1) is 36.5 Å². The molecule has 7 heteroatoms. The van der Waals surface area contributed by atoms with E-state index in [1.165, 1.54) is 6.07 Å². The van der Waals surface area contributed by atoms with E-state index < -0.39 is 11.7 Å². The van der Waals surface area contributed by atoms with E-state index in [4.69, 9.17) is 10.00 Å². The number of fused-ring (bicyclic) bond motifs is 1. The number of nitrogens with zero attached hydrogens (tertiary/aromatic N) is 3. The molecule has 0 amide bonds. The van der Waals surface area contributed by atoms with Crippen molar-refractivity contribution in [2.24, 2.45) is 0 Å². The Balaban J connectivity index is 1.85. The molecule has 2 aliphatic heterocycles. The van der Waals surface area contributed by atoms with Crippen LogP contribution in [0.3, 0.4) is 0 Å². The maximum atomic E-state index is 13.1. The number of hydrogen-bond acceptors (Lipinski definition) is 4. The van der Waals surface area contributed by atoms with Gasteiger partial charge in [-0.2, -0.15) is 18.4 Å². The lowest BCUT2D eigenvalue weighted by atomic mass is 10.0. The van der Waals surface area contributed by atoms with E-state index in [2.05, 4.69) is 4.90 Å². The first-order valence-corrected chi connectivity index (χ1v) is 7.17. The van der Waals surface area contributed by atoms with E-state index in [1.807, 2.05) is 4.90 Å². The summed E-state index contributed by atoms with van der Waals surface area (Å²) in [4.78, 5) is 4.25. The molecule has 2 saturated heterocycles. The molecule has 0 spiro atoms. The van der Waals surface area contributed by atoms with E-state index in [0.717, 1.165) is 19.2 Å². The fourth-order valence-corrected chi connectivity index (χ4v) is 3.04. The zero-order valence-electron chi connectivity index (χ0n) is 11.9. The molecule has 4 nitrogen and oxygen atoms in total. The molecule has 1 aromatic carbocycles. The highest BCUT2D eigenvalue weighted by Gasteiger charge is 2.35. The number of piperazine rings is 1. The van der Waals surface area contributed by atoms with Gasteiger partial charge in [-0.25, -0.2) is 0 Å². The molecule has 2 heterocycles. The predicted molar refractivity (Wildman–Crippen MR) is 74.6 cm³/mol. The van der Waals surface area contributed by atoms with Crippen molar-refractivity contribution in [1.29, 1.82) is 5.26 Å². The Hall–Kier alpha value is -1.78. The monoisotopic (exact) mass is 311 g/mol. The molecule has 22 heavy (non-hydrogen) atoms. The second kappa shape index (κ2) is 5.78.